The van der Waals surface area contributed by atoms with Crippen LogP contribution in [0.3, 0.4) is 0 Å². The summed E-state index contributed by atoms with van der Waals surface area (Å²) in [5.74, 6) is 0.844. The van der Waals surface area contributed by atoms with Crippen LogP contribution in [0.2, 0.25) is 0 Å². The van der Waals surface area contributed by atoms with E-state index in [-0.39, 0.29) is 0 Å². The maximum absolute atomic E-state index is 5.85. The largest absolute Gasteiger partial charge is 0.384 e. The number of rotatable bonds is 1. The molecule has 0 fully saturated rings. The number of hydrogen-bond acceptors (Lipinski definition) is 5. The average molecular weight is 242 g/mol. The van der Waals surface area contributed by atoms with E-state index < -0.39 is 0 Å². The summed E-state index contributed by atoms with van der Waals surface area (Å²) in [4.78, 5) is 8.57. The lowest BCUT2D eigenvalue weighted by molar-refractivity contribution is 1.33. The average Bonchev–Trinajstić information content (AvgIpc) is 2.72. The van der Waals surface area contributed by atoms with Gasteiger partial charge in [-0.2, -0.15) is 0 Å². The van der Waals surface area contributed by atoms with E-state index in [1.807, 2.05) is 30.3 Å². The standard InChI is InChI=1S/C12H10N4S/c13-10-6-5-7(11(14)16-10)12-15-8-3-1-2-4-9(8)17-12/h1-6H,(H4,13,14,16). The van der Waals surface area contributed by atoms with Gasteiger partial charge in [0.1, 0.15) is 16.6 Å². The van der Waals surface area contributed by atoms with Gasteiger partial charge in [-0.15, -0.1) is 11.3 Å². The van der Waals surface area contributed by atoms with Gasteiger partial charge in [-0.05, 0) is 24.3 Å². The number of hydrogen-bond donors (Lipinski definition) is 2. The van der Waals surface area contributed by atoms with E-state index in [1.54, 1.807) is 17.4 Å². The Bertz CT molecular complexity index is 657. The maximum atomic E-state index is 5.85. The van der Waals surface area contributed by atoms with Gasteiger partial charge in [0.05, 0.1) is 15.8 Å². The Hall–Kier alpha value is -2.14. The van der Waals surface area contributed by atoms with E-state index in [2.05, 4.69) is 9.97 Å². The van der Waals surface area contributed by atoms with Crippen molar-refractivity contribution in [2.45, 2.75) is 0 Å². The van der Waals surface area contributed by atoms with Crippen LogP contribution in [0, 0.1) is 0 Å². The Balaban J connectivity index is 2.20. The van der Waals surface area contributed by atoms with Crippen LogP contribution < -0.4 is 11.5 Å². The van der Waals surface area contributed by atoms with Crippen molar-refractivity contribution in [3.8, 4) is 10.6 Å². The number of pyridine rings is 1. The molecular formula is C12H10N4S. The molecule has 0 spiro atoms. The third-order valence-corrected chi connectivity index (χ3v) is 3.54. The van der Waals surface area contributed by atoms with Crippen molar-refractivity contribution in [2.24, 2.45) is 0 Å². The van der Waals surface area contributed by atoms with Crippen molar-refractivity contribution in [3.63, 3.8) is 0 Å². The zero-order chi connectivity index (χ0) is 11.8. The molecule has 0 aliphatic rings. The van der Waals surface area contributed by atoms with Crippen molar-refractivity contribution in [1.29, 1.82) is 0 Å². The van der Waals surface area contributed by atoms with E-state index >= 15 is 0 Å². The third kappa shape index (κ3) is 1.70. The molecule has 0 radical (unpaired) electrons. The highest BCUT2D eigenvalue weighted by Crippen LogP contribution is 2.32. The first-order valence-corrected chi connectivity index (χ1v) is 5.93. The number of nitrogens with zero attached hydrogens (tertiary/aromatic N) is 2. The molecule has 0 saturated carbocycles. The molecule has 1 aromatic carbocycles. The lowest BCUT2D eigenvalue weighted by Gasteiger charge is -2.01. The second-order valence-corrected chi connectivity index (χ2v) is 4.69. The van der Waals surface area contributed by atoms with Crippen LogP contribution in [0.1, 0.15) is 0 Å². The van der Waals surface area contributed by atoms with Crippen LogP contribution >= 0.6 is 11.3 Å². The minimum atomic E-state index is 0.420. The first-order chi connectivity index (χ1) is 8.24. The van der Waals surface area contributed by atoms with Gasteiger partial charge >= 0.3 is 0 Å². The number of aromatic nitrogens is 2. The number of fused-ring (bicyclic) bond motifs is 1. The summed E-state index contributed by atoms with van der Waals surface area (Å²) in [6.07, 6.45) is 0. The molecule has 4 nitrogen and oxygen atoms in total. The molecule has 2 aromatic heterocycles. The van der Waals surface area contributed by atoms with E-state index in [9.17, 15) is 0 Å². The Morgan fingerprint density at radius 1 is 0.941 bits per heavy atom. The molecule has 4 N–H and O–H groups in total. The molecular weight excluding hydrogens is 232 g/mol. The van der Waals surface area contributed by atoms with Crippen LogP contribution in [-0.4, -0.2) is 9.97 Å². The monoisotopic (exact) mass is 242 g/mol. The van der Waals surface area contributed by atoms with Gasteiger partial charge in [0.15, 0.2) is 0 Å². The Morgan fingerprint density at radius 2 is 1.76 bits per heavy atom. The molecule has 3 rings (SSSR count). The van der Waals surface area contributed by atoms with Gasteiger partial charge < -0.3 is 11.5 Å². The predicted molar refractivity (Wildman–Crippen MR) is 71.7 cm³/mol. The molecule has 0 aliphatic carbocycles. The zero-order valence-electron chi connectivity index (χ0n) is 8.92. The maximum Gasteiger partial charge on any atom is 0.136 e. The summed E-state index contributed by atoms with van der Waals surface area (Å²) in [5, 5.41) is 0.871. The summed E-state index contributed by atoms with van der Waals surface area (Å²) in [5.41, 5.74) is 13.2. The van der Waals surface area contributed by atoms with Gasteiger partial charge in [-0.1, -0.05) is 12.1 Å². The number of nitrogens with two attached hydrogens (primary N) is 2. The van der Waals surface area contributed by atoms with E-state index in [1.165, 1.54) is 0 Å². The predicted octanol–water partition coefficient (Wildman–Crippen LogP) is 2.52. The fourth-order valence-electron chi connectivity index (χ4n) is 1.66. The van der Waals surface area contributed by atoms with Crippen LogP contribution in [0.5, 0.6) is 0 Å². The number of nitrogen functional groups attached to an aromatic ring is 2. The van der Waals surface area contributed by atoms with Crippen LogP contribution in [-0.2, 0) is 0 Å². The zero-order valence-corrected chi connectivity index (χ0v) is 9.74. The fraction of sp³-hybridized carbons (Fsp3) is 0. The van der Waals surface area contributed by atoms with E-state index in [0.717, 1.165) is 20.8 Å². The summed E-state index contributed by atoms with van der Waals surface area (Å²) < 4.78 is 1.14. The normalized spacial score (nSPS) is 10.8. The SMILES string of the molecule is Nc1ccc(-c2nc3ccccc3s2)c(N)n1. The Kier molecular flexibility index (Phi) is 2.19. The molecule has 84 valence electrons. The highest BCUT2D eigenvalue weighted by molar-refractivity contribution is 7.21. The molecule has 17 heavy (non-hydrogen) atoms. The number of benzene rings is 1. The minimum absolute atomic E-state index is 0.420. The Labute approximate surface area is 102 Å². The van der Waals surface area contributed by atoms with Gasteiger partial charge in [0, 0.05) is 0 Å². The van der Waals surface area contributed by atoms with Crippen LogP contribution in [0.25, 0.3) is 20.8 Å². The van der Waals surface area contributed by atoms with Crippen LogP contribution in [0.4, 0.5) is 11.6 Å². The molecule has 5 heteroatoms. The van der Waals surface area contributed by atoms with Crippen LogP contribution in [0.15, 0.2) is 36.4 Å². The summed E-state index contributed by atoms with van der Waals surface area (Å²) >= 11 is 1.60. The van der Waals surface area contributed by atoms with Gasteiger partial charge in [-0.25, -0.2) is 9.97 Å². The van der Waals surface area contributed by atoms with Gasteiger partial charge in [-0.3, -0.25) is 0 Å². The van der Waals surface area contributed by atoms with Crippen molar-refractivity contribution in [3.05, 3.63) is 36.4 Å². The van der Waals surface area contributed by atoms with Gasteiger partial charge in [0.25, 0.3) is 0 Å². The first kappa shape index (κ1) is 10.0. The molecule has 0 aliphatic heterocycles. The third-order valence-electron chi connectivity index (χ3n) is 2.47. The van der Waals surface area contributed by atoms with Crippen molar-refractivity contribution >= 4 is 33.2 Å². The summed E-state index contributed by atoms with van der Waals surface area (Å²) in [7, 11) is 0. The number of para-hydroxylation sites is 1. The van der Waals surface area contributed by atoms with Crippen molar-refractivity contribution in [1.82, 2.24) is 9.97 Å². The smallest absolute Gasteiger partial charge is 0.136 e. The molecule has 0 unspecified atom stereocenters. The molecule has 2 heterocycles. The first-order valence-electron chi connectivity index (χ1n) is 5.12. The van der Waals surface area contributed by atoms with E-state index in [0.29, 0.717) is 11.6 Å². The number of anilines is 2. The second-order valence-electron chi connectivity index (χ2n) is 3.66. The van der Waals surface area contributed by atoms with Gasteiger partial charge in [0.2, 0.25) is 0 Å². The quantitative estimate of drug-likeness (QED) is 0.687. The molecule has 0 atom stereocenters. The molecule has 0 amide bonds. The highest BCUT2D eigenvalue weighted by atomic mass is 32.1. The molecule has 0 saturated heterocycles. The molecule has 3 aromatic rings. The number of thiazole rings is 1. The minimum Gasteiger partial charge on any atom is -0.384 e. The topological polar surface area (TPSA) is 77.8 Å². The summed E-state index contributed by atoms with van der Waals surface area (Å²) in [6, 6.07) is 11.6. The second kappa shape index (κ2) is 3.71. The van der Waals surface area contributed by atoms with Crippen molar-refractivity contribution in [2.75, 3.05) is 11.5 Å². The lowest BCUT2D eigenvalue weighted by Crippen LogP contribution is -1.97. The summed E-state index contributed by atoms with van der Waals surface area (Å²) in [6.45, 7) is 0. The van der Waals surface area contributed by atoms with E-state index in [4.69, 9.17) is 11.5 Å². The fourth-order valence-corrected chi connectivity index (χ4v) is 2.66. The Morgan fingerprint density at radius 3 is 2.53 bits per heavy atom. The highest BCUT2D eigenvalue weighted by Gasteiger charge is 2.09. The van der Waals surface area contributed by atoms with Crippen molar-refractivity contribution < 1.29 is 0 Å². The lowest BCUT2D eigenvalue weighted by atomic mass is 10.2. The molecule has 0 bridgehead atoms.